The van der Waals surface area contributed by atoms with Crippen LogP contribution in [-0.2, 0) is 9.47 Å². The van der Waals surface area contributed by atoms with Crippen molar-refractivity contribution >= 4 is 17.8 Å². The smallest absolute Gasteiger partial charge is 0.164 e. The summed E-state index contributed by atoms with van der Waals surface area (Å²) < 4.78 is 11.1. The molecule has 1 heterocycles. The first-order valence-corrected chi connectivity index (χ1v) is 5.51. The fraction of sp³-hybridized carbons (Fsp3) is 0.700. The number of aliphatic hydroxyl groups is 1. The quantitative estimate of drug-likeness (QED) is 0.434. The van der Waals surface area contributed by atoms with E-state index in [1.165, 1.54) is 12.4 Å². The highest BCUT2D eigenvalue weighted by Gasteiger charge is 2.42. The average molecular weight is 249 g/mol. The van der Waals surface area contributed by atoms with Crippen LogP contribution in [-0.4, -0.2) is 41.9 Å². The Bertz CT molecular complexity index is 292. The molecule has 6 heteroatoms. The second-order valence-electron chi connectivity index (χ2n) is 3.88. The van der Waals surface area contributed by atoms with E-state index in [4.69, 9.17) is 26.8 Å². The molecule has 3 N–H and O–H groups in total. The number of aliphatic hydroxyl groups excluding tert-OH is 1. The summed E-state index contributed by atoms with van der Waals surface area (Å²) in [5.74, 6) is -0.735. The first kappa shape index (κ1) is 13.4. The van der Waals surface area contributed by atoms with Gasteiger partial charge in [0.2, 0.25) is 0 Å². The molecule has 0 aromatic carbocycles. The van der Waals surface area contributed by atoms with Crippen LogP contribution in [0.15, 0.2) is 16.8 Å². The number of hydrogen-bond acceptors (Lipinski definition) is 5. The van der Waals surface area contributed by atoms with Crippen molar-refractivity contribution in [3.63, 3.8) is 0 Å². The average Bonchev–Trinajstić information content (AvgIpc) is 2.55. The first-order chi connectivity index (χ1) is 7.54. The summed E-state index contributed by atoms with van der Waals surface area (Å²) in [6, 6.07) is 0.151. The Morgan fingerprint density at radius 3 is 2.75 bits per heavy atom. The van der Waals surface area contributed by atoms with Gasteiger partial charge in [-0.05, 0) is 13.8 Å². The third kappa shape index (κ3) is 3.18. The minimum Gasteiger partial charge on any atom is -0.404 e. The van der Waals surface area contributed by atoms with Crippen molar-refractivity contribution < 1.29 is 14.6 Å². The Morgan fingerprint density at radius 2 is 2.25 bits per heavy atom. The van der Waals surface area contributed by atoms with Gasteiger partial charge < -0.3 is 20.3 Å². The predicted octanol–water partition coefficient (Wildman–Crippen LogP) is 0.609. The molecule has 0 aliphatic carbocycles. The van der Waals surface area contributed by atoms with Crippen LogP contribution in [0.5, 0.6) is 0 Å². The van der Waals surface area contributed by atoms with Crippen LogP contribution in [0.2, 0.25) is 0 Å². The summed E-state index contributed by atoms with van der Waals surface area (Å²) in [6.07, 6.45) is 2.06. The second-order valence-corrected chi connectivity index (χ2v) is 4.11. The topological polar surface area (TPSA) is 77.1 Å². The molecule has 1 aliphatic rings. The first-order valence-electron chi connectivity index (χ1n) is 4.98. The van der Waals surface area contributed by atoms with Crippen LogP contribution in [0.25, 0.3) is 0 Å². The maximum absolute atomic E-state index is 9.19. The maximum Gasteiger partial charge on any atom is 0.164 e. The Morgan fingerprint density at radius 1 is 1.56 bits per heavy atom. The Kier molecular flexibility index (Phi) is 4.73. The highest BCUT2D eigenvalue weighted by molar-refractivity contribution is 6.18. The van der Waals surface area contributed by atoms with Gasteiger partial charge in [-0.15, -0.1) is 11.6 Å². The van der Waals surface area contributed by atoms with E-state index >= 15 is 0 Å². The summed E-state index contributed by atoms with van der Waals surface area (Å²) in [6.45, 7) is 3.42. The zero-order valence-corrected chi connectivity index (χ0v) is 10.1. The normalized spacial score (nSPS) is 30.1. The highest BCUT2D eigenvalue weighted by atomic mass is 35.5. The van der Waals surface area contributed by atoms with E-state index in [0.29, 0.717) is 5.57 Å². The van der Waals surface area contributed by atoms with E-state index in [1.807, 2.05) is 0 Å². The molecule has 0 amide bonds. The lowest BCUT2D eigenvalue weighted by Gasteiger charge is -2.16. The summed E-state index contributed by atoms with van der Waals surface area (Å²) in [7, 11) is 0. The fourth-order valence-electron chi connectivity index (χ4n) is 1.60. The molecule has 1 saturated heterocycles. The maximum atomic E-state index is 9.19. The molecule has 0 saturated carbocycles. The molecule has 16 heavy (non-hydrogen) atoms. The van der Waals surface area contributed by atoms with Crippen LogP contribution >= 0.6 is 11.6 Å². The van der Waals surface area contributed by atoms with Crippen LogP contribution in [0.4, 0.5) is 0 Å². The van der Waals surface area contributed by atoms with Crippen LogP contribution in [0, 0.1) is 0 Å². The molecule has 1 fully saturated rings. The van der Waals surface area contributed by atoms with Crippen molar-refractivity contribution in [2.45, 2.75) is 31.8 Å². The largest absolute Gasteiger partial charge is 0.404 e. The van der Waals surface area contributed by atoms with E-state index < -0.39 is 18.0 Å². The molecule has 0 aromatic rings. The number of nitrogens with zero attached hydrogens (tertiary/aromatic N) is 1. The van der Waals surface area contributed by atoms with Crippen molar-refractivity contribution in [2.75, 3.05) is 12.6 Å². The minimum absolute atomic E-state index is 0.139. The van der Waals surface area contributed by atoms with Crippen molar-refractivity contribution in [3.8, 4) is 0 Å². The molecular weight excluding hydrogens is 232 g/mol. The molecular formula is C10H17ClN2O3. The standard InChI is InChI=1S/C10H17ClN2O3/c1-10(2)15-8(5-14)9(16-10)7(3-12)4-13-6-11/h3-4,8-9,14H,5-6,12H2,1-2H3/b7-3+,13-4-. The van der Waals surface area contributed by atoms with Gasteiger partial charge in [0.05, 0.1) is 6.61 Å². The number of halogens is 1. The highest BCUT2D eigenvalue weighted by Crippen LogP contribution is 2.31. The molecule has 2 unspecified atom stereocenters. The van der Waals surface area contributed by atoms with E-state index in [0.717, 1.165) is 0 Å². The molecule has 1 rings (SSSR count). The van der Waals surface area contributed by atoms with Gasteiger partial charge in [-0.1, -0.05) is 0 Å². The zero-order valence-electron chi connectivity index (χ0n) is 9.39. The molecule has 0 aromatic heterocycles. The molecule has 1 aliphatic heterocycles. The lowest BCUT2D eigenvalue weighted by atomic mass is 10.1. The Labute approximate surface area is 99.9 Å². The lowest BCUT2D eigenvalue weighted by Crippen LogP contribution is -2.29. The van der Waals surface area contributed by atoms with Crippen molar-refractivity contribution in [2.24, 2.45) is 10.7 Å². The fourth-order valence-corrected chi connectivity index (χ4v) is 1.67. The number of alkyl halides is 1. The molecule has 2 atom stereocenters. The van der Waals surface area contributed by atoms with Gasteiger partial charge in [-0.25, -0.2) is 0 Å². The van der Waals surface area contributed by atoms with Crippen LogP contribution in [0.1, 0.15) is 13.8 Å². The van der Waals surface area contributed by atoms with Crippen LogP contribution in [0.3, 0.4) is 0 Å². The Hall–Kier alpha value is -0.620. The van der Waals surface area contributed by atoms with E-state index in [2.05, 4.69) is 4.99 Å². The van der Waals surface area contributed by atoms with Gasteiger partial charge in [0.15, 0.2) is 5.79 Å². The molecule has 0 bridgehead atoms. The number of nitrogens with two attached hydrogens (primary N) is 1. The van der Waals surface area contributed by atoms with E-state index in [-0.39, 0.29) is 12.6 Å². The Balaban J connectivity index is 2.81. The predicted molar refractivity (Wildman–Crippen MR) is 62.4 cm³/mol. The molecule has 5 nitrogen and oxygen atoms in total. The summed E-state index contributed by atoms with van der Waals surface area (Å²) >= 11 is 5.45. The van der Waals surface area contributed by atoms with Gasteiger partial charge in [0.1, 0.15) is 18.2 Å². The van der Waals surface area contributed by atoms with Crippen molar-refractivity contribution in [3.05, 3.63) is 11.8 Å². The summed E-state index contributed by atoms with van der Waals surface area (Å²) in [4.78, 5) is 3.88. The van der Waals surface area contributed by atoms with E-state index in [9.17, 15) is 5.11 Å². The number of aliphatic imine (C=N–C) groups is 1. The number of ether oxygens (including phenoxy) is 2. The monoisotopic (exact) mass is 248 g/mol. The zero-order chi connectivity index (χ0) is 12.2. The lowest BCUT2D eigenvalue weighted by molar-refractivity contribution is -0.146. The third-order valence-electron chi connectivity index (χ3n) is 2.19. The van der Waals surface area contributed by atoms with E-state index in [1.54, 1.807) is 13.8 Å². The summed E-state index contributed by atoms with van der Waals surface area (Å²) in [5.41, 5.74) is 6.13. The van der Waals surface area contributed by atoms with Gasteiger partial charge >= 0.3 is 0 Å². The van der Waals surface area contributed by atoms with Gasteiger partial charge in [0.25, 0.3) is 0 Å². The molecule has 0 radical (unpaired) electrons. The molecule has 0 spiro atoms. The second kappa shape index (κ2) is 5.63. The van der Waals surface area contributed by atoms with Crippen molar-refractivity contribution in [1.29, 1.82) is 0 Å². The van der Waals surface area contributed by atoms with Crippen LogP contribution < -0.4 is 5.73 Å². The third-order valence-corrected chi connectivity index (χ3v) is 2.33. The minimum atomic E-state index is -0.735. The number of hydrogen-bond donors (Lipinski definition) is 2. The summed E-state index contributed by atoms with van der Waals surface area (Å²) in [5, 5.41) is 9.19. The van der Waals surface area contributed by atoms with Gasteiger partial charge in [0, 0.05) is 18.0 Å². The van der Waals surface area contributed by atoms with Crippen molar-refractivity contribution in [1.82, 2.24) is 0 Å². The van der Waals surface area contributed by atoms with Gasteiger partial charge in [-0.3, -0.25) is 4.99 Å². The number of rotatable bonds is 4. The molecule has 92 valence electrons. The SMILES string of the molecule is CC1(C)OC(CO)C(C(/C=N\CCl)=C/N)O1. The van der Waals surface area contributed by atoms with Gasteiger partial charge in [-0.2, -0.15) is 0 Å².